The molecule has 1 unspecified atom stereocenters. The van der Waals surface area contributed by atoms with Gasteiger partial charge in [0, 0.05) is 13.7 Å². The van der Waals surface area contributed by atoms with Gasteiger partial charge in [-0.05, 0) is 37.3 Å². The molecule has 0 saturated heterocycles. The second kappa shape index (κ2) is 11.3. The molecule has 0 amide bonds. The number of ether oxygens (including phenoxy) is 1. The Morgan fingerprint density at radius 3 is 2.79 bits per heavy atom. The third-order valence-corrected chi connectivity index (χ3v) is 3.15. The summed E-state index contributed by atoms with van der Waals surface area (Å²) in [5, 5.41) is 3.43. The highest BCUT2D eigenvalue weighted by Crippen LogP contribution is 2.11. The number of nitrogens with one attached hydrogen (secondary N) is 1. The van der Waals surface area contributed by atoms with Crippen LogP contribution in [0.1, 0.15) is 26.2 Å². The summed E-state index contributed by atoms with van der Waals surface area (Å²) in [6, 6.07) is 0. The maximum absolute atomic E-state index is 4.99. The van der Waals surface area contributed by atoms with Crippen LogP contribution in [0.4, 0.5) is 0 Å². The molecule has 1 N–H and O–H groups in total. The van der Waals surface area contributed by atoms with Crippen LogP contribution in [0.3, 0.4) is 0 Å². The summed E-state index contributed by atoms with van der Waals surface area (Å²) in [4.78, 5) is 0. The zero-order valence-corrected chi connectivity index (χ0v) is 10.7. The van der Waals surface area contributed by atoms with Gasteiger partial charge in [0.2, 0.25) is 0 Å². The first-order valence-corrected chi connectivity index (χ1v) is 6.93. The lowest BCUT2D eigenvalue weighted by Crippen LogP contribution is -2.26. The summed E-state index contributed by atoms with van der Waals surface area (Å²) in [7, 11) is 1.75. The lowest BCUT2D eigenvalue weighted by atomic mass is 10.0. The van der Waals surface area contributed by atoms with Gasteiger partial charge in [0.25, 0.3) is 0 Å². The Kier molecular flexibility index (Phi) is 11.6. The molecule has 0 rings (SSSR count). The molecule has 3 heteroatoms. The molecule has 0 aromatic rings. The van der Waals surface area contributed by atoms with E-state index in [2.05, 4.69) is 18.5 Å². The second-order valence-electron chi connectivity index (χ2n) is 3.61. The van der Waals surface area contributed by atoms with Crippen LogP contribution >= 0.6 is 11.8 Å². The van der Waals surface area contributed by atoms with Gasteiger partial charge in [0.05, 0.1) is 6.61 Å². The van der Waals surface area contributed by atoms with E-state index in [9.17, 15) is 0 Å². The average molecular weight is 219 g/mol. The smallest absolute Gasteiger partial charge is 0.0587 e. The van der Waals surface area contributed by atoms with Crippen molar-refractivity contribution < 1.29 is 4.74 Å². The van der Waals surface area contributed by atoms with Gasteiger partial charge in [-0.25, -0.2) is 0 Å². The van der Waals surface area contributed by atoms with Gasteiger partial charge in [0.15, 0.2) is 0 Å². The highest BCUT2D eigenvalue weighted by Gasteiger charge is 2.04. The van der Waals surface area contributed by atoms with Crippen molar-refractivity contribution in [3.8, 4) is 0 Å². The van der Waals surface area contributed by atoms with Crippen molar-refractivity contribution >= 4 is 11.8 Å². The molecule has 0 radical (unpaired) electrons. The van der Waals surface area contributed by atoms with E-state index in [1.165, 1.54) is 25.0 Å². The standard InChI is InChI=1S/C11H25NOS/c1-4-11(6-5-9-14-3)10-12-7-8-13-2/h11-12H,4-10H2,1-3H3. The lowest BCUT2D eigenvalue weighted by molar-refractivity contribution is 0.197. The van der Waals surface area contributed by atoms with Gasteiger partial charge >= 0.3 is 0 Å². The van der Waals surface area contributed by atoms with Crippen LogP contribution < -0.4 is 5.32 Å². The van der Waals surface area contributed by atoms with Crippen LogP contribution in [-0.2, 0) is 4.74 Å². The van der Waals surface area contributed by atoms with Crippen LogP contribution in [0, 0.1) is 5.92 Å². The molecule has 0 spiro atoms. The zero-order chi connectivity index (χ0) is 10.6. The fraction of sp³-hybridized carbons (Fsp3) is 1.00. The Morgan fingerprint density at radius 2 is 2.21 bits per heavy atom. The minimum absolute atomic E-state index is 0.821. The molecule has 0 aliphatic heterocycles. The number of methoxy groups -OCH3 is 1. The Hall–Kier alpha value is 0.270. The van der Waals surface area contributed by atoms with Crippen LogP contribution in [0.25, 0.3) is 0 Å². The lowest BCUT2D eigenvalue weighted by Gasteiger charge is -2.15. The minimum Gasteiger partial charge on any atom is -0.383 e. The molecule has 0 fully saturated rings. The molecule has 0 bridgehead atoms. The molecule has 0 aliphatic rings. The predicted molar refractivity (Wildman–Crippen MR) is 66.1 cm³/mol. The second-order valence-corrected chi connectivity index (χ2v) is 4.59. The molecular weight excluding hydrogens is 194 g/mol. The predicted octanol–water partition coefficient (Wildman–Crippen LogP) is 2.39. The van der Waals surface area contributed by atoms with Crippen molar-refractivity contribution in [2.75, 3.05) is 38.8 Å². The van der Waals surface area contributed by atoms with E-state index in [1.807, 2.05) is 11.8 Å². The average Bonchev–Trinajstić information content (AvgIpc) is 2.22. The number of thioether (sulfide) groups is 1. The molecule has 0 aliphatic carbocycles. The Morgan fingerprint density at radius 1 is 1.43 bits per heavy atom. The van der Waals surface area contributed by atoms with E-state index in [0.717, 1.165) is 25.6 Å². The molecule has 2 nitrogen and oxygen atoms in total. The zero-order valence-electron chi connectivity index (χ0n) is 9.84. The van der Waals surface area contributed by atoms with Crippen molar-refractivity contribution in [3.63, 3.8) is 0 Å². The maximum Gasteiger partial charge on any atom is 0.0587 e. The molecule has 0 saturated carbocycles. The van der Waals surface area contributed by atoms with Crippen molar-refractivity contribution in [2.24, 2.45) is 5.92 Å². The molecular formula is C11H25NOS. The van der Waals surface area contributed by atoms with Crippen molar-refractivity contribution in [1.29, 1.82) is 0 Å². The number of rotatable bonds is 10. The van der Waals surface area contributed by atoms with E-state index in [1.54, 1.807) is 7.11 Å². The third-order valence-electron chi connectivity index (χ3n) is 2.45. The monoisotopic (exact) mass is 219 g/mol. The first-order valence-electron chi connectivity index (χ1n) is 5.53. The summed E-state index contributed by atoms with van der Waals surface area (Å²) in [6.45, 7) is 5.23. The van der Waals surface area contributed by atoms with Gasteiger partial charge in [0.1, 0.15) is 0 Å². The SMILES string of the molecule is CCC(CCCSC)CNCCOC. The first kappa shape index (κ1) is 14.3. The van der Waals surface area contributed by atoms with E-state index >= 15 is 0 Å². The third kappa shape index (κ3) is 8.85. The van der Waals surface area contributed by atoms with Gasteiger partial charge in [-0.2, -0.15) is 11.8 Å². The minimum atomic E-state index is 0.821. The van der Waals surface area contributed by atoms with Crippen molar-refractivity contribution in [3.05, 3.63) is 0 Å². The highest BCUT2D eigenvalue weighted by atomic mass is 32.2. The van der Waals surface area contributed by atoms with E-state index in [4.69, 9.17) is 4.74 Å². The quantitative estimate of drug-likeness (QED) is 0.570. The summed E-state index contributed by atoms with van der Waals surface area (Å²) >= 11 is 1.95. The molecule has 0 heterocycles. The Balaban J connectivity index is 3.28. The molecule has 86 valence electrons. The van der Waals surface area contributed by atoms with Crippen LogP contribution in [0.15, 0.2) is 0 Å². The van der Waals surface area contributed by atoms with Crippen molar-refractivity contribution in [2.45, 2.75) is 26.2 Å². The first-order chi connectivity index (χ1) is 6.85. The largest absolute Gasteiger partial charge is 0.383 e. The van der Waals surface area contributed by atoms with Gasteiger partial charge in [-0.3, -0.25) is 0 Å². The fourth-order valence-corrected chi connectivity index (χ4v) is 1.90. The Bertz CT molecular complexity index is 111. The van der Waals surface area contributed by atoms with Crippen LogP contribution in [-0.4, -0.2) is 38.8 Å². The molecule has 14 heavy (non-hydrogen) atoms. The van der Waals surface area contributed by atoms with Gasteiger partial charge in [-0.1, -0.05) is 13.3 Å². The number of hydrogen-bond acceptors (Lipinski definition) is 3. The Labute approximate surface area is 93.2 Å². The topological polar surface area (TPSA) is 21.3 Å². The highest BCUT2D eigenvalue weighted by molar-refractivity contribution is 7.98. The summed E-state index contributed by atoms with van der Waals surface area (Å²) in [5.41, 5.74) is 0. The molecule has 1 atom stereocenters. The summed E-state index contributed by atoms with van der Waals surface area (Å²) < 4.78 is 4.99. The van der Waals surface area contributed by atoms with Crippen LogP contribution in [0.5, 0.6) is 0 Å². The van der Waals surface area contributed by atoms with Crippen molar-refractivity contribution in [1.82, 2.24) is 5.32 Å². The summed E-state index contributed by atoms with van der Waals surface area (Å²) in [5.74, 6) is 2.15. The molecule has 0 aromatic heterocycles. The molecule has 0 aromatic carbocycles. The van der Waals surface area contributed by atoms with E-state index < -0.39 is 0 Å². The van der Waals surface area contributed by atoms with Gasteiger partial charge < -0.3 is 10.1 Å². The van der Waals surface area contributed by atoms with E-state index in [-0.39, 0.29) is 0 Å². The fourth-order valence-electron chi connectivity index (χ4n) is 1.45. The van der Waals surface area contributed by atoms with Gasteiger partial charge in [-0.15, -0.1) is 0 Å². The normalized spacial score (nSPS) is 13.1. The maximum atomic E-state index is 4.99. The summed E-state index contributed by atoms with van der Waals surface area (Å²) in [6.07, 6.45) is 6.18. The van der Waals surface area contributed by atoms with E-state index in [0.29, 0.717) is 0 Å². The van der Waals surface area contributed by atoms with Crippen LogP contribution in [0.2, 0.25) is 0 Å². The number of hydrogen-bond donors (Lipinski definition) is 1.